The molecule has 3 aliphatic heterocycles. The van der Waals surface area contributed by atoms with Crippen LogP contribution >= 0.6 is 0 Å². The second kappa shape index (κ2) is 9.98. The first-order valence-corrected chi connectivity index (χ1v) is 11.8. The van der Waals surface area contributed by atoms with Crippen molar-refractivity contribution in [1.29, 1.82) is 0 Å². The van der Waals surface area contributed by atoms with Gasteiger partial charge in [0.2, 0.25) is 0 Å². The normalized spacial score (nSPS) is 40.0. The molecule has 4 fully saturated rings. The fourth-order valence-corrected chi connectivity index (χ4v) is 6.04. The Balaban J connectivity index is 1.31. The molecule has 1 saturated carbocycles. The van der Waals surface area contributed by atoms with Crippen molar-refractivity contribution in [2.75, 3.05) is 32.8 Å². The van der Waals surface area contributed by atoms with Crippen LogP contribution in [0, 0.1) is 17.8 Å². The fraction of sp³-hybridized carbons (Fsp3) is 1.00. The quantitative estimate of drug-likeness (QED) is 0.500. The summed E-state index contributed by atoms with van der Waals surface area (Å²) < 4.78 is 54.6. The molecule has 0 aromatic carbocycles. The minimum Gasteiger partial charge on any atom is -0.317 e. The van der Waals surface area contributed by atoms with E-state index in [1.54, 1.807) is 0 Å². The van der Waals surface area contributed by atoms with E-state index in [0.29, 0.717) is 25.4 Å². The third kappa shape index (κ3) is 5.28. The molecule has 0 radical (unpaired) electrons. The standard InChI is InChI=1S/C21H37F4N5/c22-18-19(27-12-14-7-9-26-10-8-14)28-13-29-20(18)30-11-1-2-17(30)15-3-5-16(6-4-15)21(23,24)25/h14-20,26-29H,1-13H2. The fourth-order valence-electron chi connectivity index (χ4n) is 6.04. The lowest BCUT2D eigenvalue weighted by Gasteiger charge is -2.45. The van der Waals surface area contributed by atoms with E-state index < -0.39 is 18.3 Å². The van der Waals surface area contributed by atoms with E-state index in [-0.39, 0.29) is 37.1 Å². The van der Waals surface area contributed by atoms with Crippen molar-refractivity contribution in [3.63, 3.8) is 0 Å². The monoisotopic (exact) mass is 435 g/mol. The highest BCUT2D eigenvalue weighted by Gasteiger charge is 2.46. The van der Waals surface area contributed by atoms with Crippen LogP contribution in [0.15, 0.2) is 0 Å². The molecule has 0 aromatic rings. The Hall–Kier alpha value is -0.480. The van der Waals surface area contributed by atoms with Crippen LogP contribution in [-0.2, 0) is 0 Å². The van der Waals surface area contributed by atoms with Gasteiger partial charge in [-0.3, -0.25) is 20.9 Å². The summed E-state index contributed by atoms with van der Waals surface area (Å²) in [6, 6.07) is 0.193. The number of nitrogens with one attached hydrogen (secondary N) is 4. The third-order valence-corrected chi connectivity index (χ3v) is 7.82. The average Bonchev–Trinajstić information content (AvgIpc) is 3.23. The van der Waals surface area contributed by atoms with Crippen LogP contribution in [0.25, 0.3) is 0 Å². The molecule has 3 heterocycles. The van der Waals surface area contributed by atoms with Gasteiger partial charge in [-0.1, -0.05) is 0 Å². The lowest BCUT2D eigenvalue weighted by Crippen LogP contribution is -2.69. The van der Waals surface area contributed by atoms with Gasteiger partial charge in [0.05, 0.1) is 18.2 Å². The van der Waals surface area contributed by atoms with Crippen molar-refractivity contribution in [3.05, 3.63) is 0 Å². The summed E-state index contributed by atoms with van der Waals surface area (Å²) >= 11 is 0. The van der Waals surface area contributed by atoms with Gasteiger partial charge < -0.3 is 5.32 Å². The predicted octanol–water partition coefficient (Wildman–Crippen LogP) is 2.55. The molecule has 30 heavy (non-hydrogen) atoms. The summed E-state index contributed by atoms with van der Waals surface area (Å²) in [7, 11) is 0. The summed E-state index contributed by atoms with van der Waals surface area (Å²) in [5.74, 6) is -0.328. The van der Waals surface area contributed by atoms with E-state index in [9.17, 15) is 13.2 Å². The van der Waals surface area contributed by atoms with Crippen LogP contribution in [0.4, 0.5) is 17.6 Å². The summed E-state index contributed by atoms with van der Waals surface area (Å²) in [4.78, 5) is 2.23. The molecule has 4 N–H and O–H groups in total. The molecule has 4 rings (SSSR count). The predicted molar refractivity (Wildman–Crippen MR) is 108 cm³/mol. The Bertz CT molecular complexity index is 534. The Kier molecular flexibility index (Phi) is 7.55. The second-order valence-electron chi connectivity index (χ2n) is 9.65. The topological polar surface area (TPSA) is 51.4 Å². The molecule has 4 aliphatic rings. The summed E-state index contributed by atoms with van der Waals surface area (Å²) in [5, 5.41) is 13.3. The van der Waals surface area contributed by atoms with E-state index in [4.69, 9.17) is 0 Å². The number of piperidine rings is 1. The summed E-state index contributed by atoms with van der Waals surface area (Å²) in [6.07, 6.45) is -0.0769. The third-order valence-electron chi connectivity index (χ3n) is 7.82. The van der Waals surface area contributed by atoms with Gasteiger partial charge in [0, 0.05) is 19.3 Å². The molecule has 174 valence electrons. The van der Waals surface area contributed by atoms with Gasteiger partial charge in [-0.25, -0.2) is 4.39 Å². The van der Waals surface area contributed by atoms with E-state index in [1.807, 2.05) is 0 Å². The maximum atomic E-state index is 15.5. The van der Waals surface area contributed by atoms with Crippen molar-refractivity contribution in [3.8, 4) is 0 Å². The van der Waals surface area contributed by atoms with Gasteiger partial charge in [0.1, 0.15) is 0 Å². The first-order valence-electron chi connectivity index (χ1n) is 11.8. The van der Waals surface area contributed by atoms with Gasteiger partial charge in [0.25, 0.3) is 0 Å². The number of hydrogen-bond donors (Lipinski definition) is 4. The average molecular weight is 436 g/mol. The van der Waals surface area contributed by atoms with Crippen LogP contribution < -0.4 is 21.3 Å². The highest BCUT2D eigenvalue weighted by atomic mass is 19.4. The highest BCUT2D eigenvalue weighted by molar-refractivity contribution is 4.97. The molecule has 3 saturated heterocycles. The number of hydrogen-bond acceptors (Lipinski definition) is 5. The molecule has 9 heteroatoms. The number of alkyl halides is 4. The first kappa shape index (κ1) is 22.7. The number of halogens is 4. The van der Waals surface area contributed by atoms with Crippen LogP contribution in [0.2, 0.25) is 0 Å². The zero-order valence-electron chi connectivity index (χ0n) is 17.7. The minimum absolute atomic E-state index is 0.193. The SMILES string of the molecule is FC1C(NCC2CCNCC2)NCNC1N1CCCC1C1CCC(C(F)(F)F)CC1. The van der Waals surface area contributed by atoms with E-state index in [0.717, 1.165) is 51.9 Å². The molecule has 0 amide bonds. The van der Waals surface area contributed by atoms with Crippen LogP contribution in [0.3, 0.4) is 0 Å². The molecule has 1 aliphatic carbocycles. The highest BCUT2D eigenvalue weighted by Crippen LogP contribution is 2.43. The Morgan fingerprint density at radius 3 is 2.37 bits per heavy atom. The van der Waals surface area contributed by atoms with E-state index in [1.165, 1.54) is 0 Å². The van der Waals surface area contributed by atoms with Crippen LogP contribution in [-0.4, -0.2) is 68.5 Å². The molecule has 5 nitrogen and oxygen atoms in total. The Labute approximate surface area is 177 Å². The maximum Gasteiger partial charge on any atom is 0.391 e. The van der Waals surface area contributed by atoms with Gasteiger partial charge in [-0.2, -0.15) is 13.2 Å². The van der Waals surface area contributed by atoms with Gasteiger partial charge >= 0.3 is 6.18 Å². The van der Waals surface area contributed by atoms with Crippen molar-refractivity contribution in [2.24, 2.45) is 17.8 Å². The van der Waals surface area contributed by atoms with Crippen molar-refractivity contribution in [2.45, 2.75) is 82.1 Å². The number of likely N-dealkylation sites (tertiary alicyclic amines) is 1. The van der Waals surface area contributed by atoms with Gasteiger partial charge in [0.15, 0.2) is 6.17 Å². The molecule has 0 bridgehead atoms. The Morgan fingerprint density at radius 2 is 1.67 bits per heavy atom. The van der Waals surface area contributed by atoms with Gasteiger partial charge in [-0.05, 0) is 82.8 Å². The molecular formula is C21H37F4N5. The summed E-state index contributed by atoms with van der Waals surface area (Å²) in [5.41, 5.74) is 0. The molecule has 4 atom stereocenters. The van der Waals surface area contributed by atoms with Crippen molar-refractivity contribution in [1.82, 2.24) is 26.2 Å². The maximum absolute atomic E-state index is 15.5. The van der Waals surface area contributed by atoms with E-state index in [2.05, 4.69) is 26.2 Å². The lowest BCUT2D eigenvalue weighted by molar-refractivity contribution is -0.185. The molecular weight excluding hydrogens is 398 g/mol. The zero-order chi connectivity index (χ0) is 21.1. The molecule has 0 aromatic heterocycles. The Morgan fingerprint density at radius 1 is 0.933 bits per heavy atom. The first-order chi connectivity index (χ1) is 14.4. The van der Waals surface area contributed by atoms with Crippen molar-refractivity contribution < 1.29 is 17.6 Å². The second-order valence-corrected chi connectivity index (χ2v) is 9.65. The van der Waals surface area contributed by atoms with Crippen LogP contribution in [0.1, 0.15) is 51.4 Å². The zero-order valence-corrected chi connectivity index (χ0v) is 17.7. The molecule has 4 unspecified atom stereocenters. The lowest BCUT2D eigenvalue weighted by atomic mass is 9.77. The minimum atomic E-state index is -4.08. The number of nitrogens with zero attached hydrogens (tertiary/aromatic N) is 1. The number of rotatable bonds is 5. The van der Waals surface area contributed by atoms with Gasteiger partial charge in [-0.15, -0.1) is 0 Å². The van der Waals surface area contributed by atoms with Crippen LogP contribution in [0.5, 0.6) is 0 Å². The molecule has 0 spiro atoms. The van der Waals surface area contributed by atoms with Crippen molar-refractivity contribution >= 4 is 0 Å². The smallest absolute Gasteiger partial charge is 0.317 e. The summed E-state index contributed by atoms with van der Waals surface area (Å²) in [6.45, 7) is 4.23. The van der Waals surface area contributed by atoms with E-state index >= 15 is 4.39 Å². The largest absolute Gasteiger partial charge is 0.391 e.